The van der Waals surface area contributed by atoms with Crippen molar-refractivity contribution in [1.29, 1.82) is 0 Å². The number of hydrogen-bond donors (Lipinski definition) is 2. The topological polar surface area (TPSA) is 58.2 Å². The average Bonchev–Trinajstić information content (AvgIpc) is 3.30. The average molecular weight is 304 g/mol. The molecule has 2 amide bonds. The lowest BCUT2D eigenvalue weighted by Crippen LogP contribution is -2.41. The van der Waals surface area contributed by atoms with Gasteiger partial charge in [0.05, 0.1) is 0 Å². The van der Waals surface area contributed by atoms with Crippen molar-refractivity contribution in [3.05, 3.63) is 0 Å². The molecule has 0 aromatic carbocycles. The summed E-state index contributed by atoms with van der Waals surface area (Å²) in [6.45, 7) is 1.17. The fourth-order valence-corrected chi connectivity index (χ4v) is 5.77. The van der Waals surface area contributed by atoms with Crippen molar-refractivity contribution in [2.45, 2.75) is 51.4 Å². The highest BCUT2D eigenvalue weighted by Crippen LogP contribution is 2.49. The van der Waals surface area contributed by atoms with Crippen LogP contribution in [0.3, 0.4) is 0 Å². The molecule has 2 N–H and O–H groups in total. The lowest BCUT2D eigenvalue weighted by molar-refractivity contribution is -0.128. The zero-order valence-electron chi connectivity index (χ0n) is 13.4. The molecule has 0 spiro atoms. The number of amides is 2. The molecule has 4 saturated carbocycles. The maximum Gasteiger partial charge on any atom is 0.223 e. The fourth-order valence-electron chi connectivity index (χ4n) is 5.77. The molecule has 0 unspecified atom stereocenters. The molecule has 4 bridgehead atoms. The molecule has 4 aliphatic carbocycles. The molecule has 0 aliphatic heterocycles. The second-order valence-corrected chi connectivity index (χ2v) is 8.14. The normalized spacial score (nSPS) is 41.8. The summed E-state index contributed by atoms with van der Waals surface area (Å²) in [5, 5.41) is 6.07. The monoisotopic (exact) mass is 304 g/mol. The van der Waals surface area contributed by atoms with Crippen LogP contribution in [-0.2, 0) is 9.59 Å². The fraction of sp³-hybridized carbons (Fsp3) is 0.889. The first-order chi connectivity index (χ1) is 10.7. The molecule has 4 nitrogen and oxygen atoms in total. The summed E-state index contributed by atoms with van der Waals surface area (Å²) in [5.74, 6) is 3.82. The highest BCUT2D eigenvalue weighted by atomic mass is 16.2. The van der Waals surface area contributed by atoms with Crippen LogP contribution in [0.5, 0.6) is 0 Å². The van der Waals surface area contributed by atoms with E-state index in [9.17, 15) is 9.59 Å². The van der Waals surface area contributed by atoms with Gasteiger partial charge in [0, 0.05) is 24.9 Å². The highest BCUT2D eigenvalue weighted by molar-refractivity contribution is 5.80. The Morgan fingerprint density at radius 2 is 1.14 bits per heavy atom. The molecular weight excluding hydrogens is 276 g/mol. The van der Waals surface area contributed by atoms with Crippen molar-refractivity contribution in [2.24, 2.45) is 35.5 Å². The first-order valence-corrected chi connectivity index (χ1v) is 9.26. The minimum atomic E-state index is 0.223. The summed E-state index contributed by atoms with van der Waals surface area (Å²) >= 11 is 0. The van der Waals surface area contributed by atoms with E-state index in [1.165, 1.54) is 38.5 Å². The smallest absolute Gasteiger partial charge is 0.223 e. The van der Waals surface area contributed by atoms with Gasteiger partial charge in [-0.3, -0.25) is 9.59 Å². The van der Waals surface area contributed by atoms with Crippen molar-refractivity contribution >= 4 is 11.8 Å². The zero-order chi connectivity index (χ0) is 15.1. The van der Waals surface area contributed by atoms with Crippen LogP contribution in [0.2, 0.25) is 0 Å². The molecular formula is C18H28N2O2. The molecule has 6 atom stereocenters. The van der Waals surface area contributed by atoms with Crippen LogP contribution in [-0.4, -0.2) is 24.9 Å². The number of carbonyl (C=O) groups is 2. The Bertz CT molecular complexity index is 422. The molecule has 0 aromatic rings. The standard InChI is InChI=1S/C18H28N2O2/c21-17(15-9-11-1-3-13(15)7-11)19-5-6-20-18(22)16-10-12-2-4-14(16)8-12/h11-16H,1-10H2,(H,19,21)(H,20,22)/t11-,12+,13-,14+,15-,16+. The van der Waals surface area contributed by atoms with E-state index in [-0.39, 0.29) is 23.7 Å². The third-order valence-corrected chi connectivity index (χ3v) is 6.87. The van der Waals surface area contributed by atoms with Crippen molar-refractivity contribution in [3.63, 3.8) is 0 Å². The molecule has 122 valence electrons. The lowest BCUT2D eigenvalue weighted by atomic mass is 9.88. The molecule has 4 fully saturated rings. The van der Waals surface area contributed by atoms with Gasteiger partial charge in [-0.15, -0.1) is 0 Å². The number of hydrogen-bond acceptors (Lipinski definition) is 2. The summed E-state index contributed by atoms with van der Waals surface area (Å²) in [7, 11) is 0. The maximum atomic E-state index is 12.2. The quantitative estimate of drug-likeness (QED) is 0.764. The van der Waals surface area contributed by atoms with Crippen LogP contribution in [0.1, 0.15) is 51.4 Å². The predicted octanol–water partition coefficient (Wildman–Crippen LogP) is 2.09. The minimum absolute atomic E-state index is 0.223. The molecule has 0 heterocycles. The van der Waals surface area contributed by atoms with Crippen molar-refractivity contribution in [2.75, 3.05) is 13.1 Å². The van der Waals surface area contributed by atoms with Crippen molar-refractivity contribution < 1.29 is 9.59 Å². The van der Waals surface area contributed by atoms with Crippen LogP contribution < -0.4 is 10.6 Å². The van der Waals surface area contributed by atoms with E-state index in [1.807, 2.05) is 0 Å². The van der Waals surface area contributed by atoms with E-state index >= 15 is 0 Å². The Kier molecular flexibility index (Phi) is 3.87. The van der Waals surface area contributed by atoms with Gasteiger partial charge in [-0.2, -0.15) is 0 Å². The van der Waals surface area contributed by atoms with Gasteiger partial charge in [-0.05, 0) is 62.2 Å². The SMILES string of the molecule is O=C(NCCNC(=O)[C@@H]1C[C@@H]2CC[C@@H]1C2)[C@H]1C[C@H]2CC[C@H]1C2. The molecule has 0 aromatic heterocycles. The third-order valence-electron chi connectivity index (χ3n) is 6.87. The molecule has 0 saturated heterocycles. The molecule has 0 radical (unpaired) electrons. The lowest BCUT2D eigenvalue weighted by Gasteiger charge is -2.22. The Hall–Kier alpha value is -1.06. The molecule has 22 heavy (non-hydrogen) atoms. The number of carbonyl (C=O) groups excluding carboxylic acids is 2. The van der Waals surface area contributed by atoms with E-state index in [2.05, 4.69) is 10.6 Å². The van der Waals surface area contributed by atoms with E-state index in [4.69, 9.17) is 0 Å². The van der Waals surface area contributed by atoms with Gasteiger partial charge < -0.3 is 10.6 Å². The van der Waals surface area contributed by atoms with Gasteiger partial charge in [0.2, 0.25) is 11.8 Å². The number of nitrogens with one attached hydrogen (secondary N) is 2. The van der Waals surface area contributed by atoms with Crippen LogP contribution in [0.15, 0.2) is 0 Å². The first-order valence-electron chi connectivity index (χ1n) is 9.26. The van der Waals surface area contributed by atoms with Gasteiger partial charge in [-0.25, -0.2) is 0 Å². The van der Waals surface area contributed by atoms with Crippen molar-refractivity contribution in [1.82, 2.24) is 10.6 Å². The van der Waals surface area contributed by atoms with Crippen molar-refractivity contribution in [3.8, 4) is 0 Å². The largest absolute Gasteiger partial charge is 0.354 e. The molecule has 4 rings (SSSR count). The van der Waals surface area contributed by atoms with Crippen LogP contribution in [0.4, 0.5) is 0 Å². The number of rotatable bonds is 5. The third kappa shape index (κ3) is 2.65. The summed E-state index contributed by atoms with van der Waals surface area (Å²) in [6.07, 6.45) is 9.84. The minimum Gasteiger partial charge on any atom is -0.354 e. The van der Waals surface area contributed by atoms with Gasteiger partial charge in [-0.1, -0.05) is 12.8 Å². The van der Waals surface area contributed by atoms with Gasteiger partial charge in [0.25, 0.3) is 0 Å². The Morgan fingerprint density at radius 1 is 0.682 bits per heavy atom. The predicted molar refractivity (Wildman–Crippen MR) is 83.9 cm³/mol. The Morgan fingerprint density at radius 3 is 1.45 bits per heavy atom. The summed E-state index contributed by atoms with van der Waals surface area (Å²) in [4.78, 5) is 24.4. The second-order valence-electron chi connectivity index (χ2n) is 8.14. The molecule has 4 aliphatic rings. The zero-order valence-corrected chi connectivity index (χ0v) is 13.4. The summed E-state index contributed by atoms with van der Waals surface area (Å²) < 4.78 is 0. The highest BCUT2D eigenvalue weighted by Gasteiger charge is 2.43. The van der Waals surface area contributed by atoms with Gasteiger partial charge in [0.1, 0.15) is 0 Å². The van der Waals surface area contributed by atoms with Gasteiger partial charge >= 0.3 is 0 Å². The second kappa shape index (κ2) is 5.86. The van der Waals surface area contributed by atoms with E-state index in [0.717, 1.165) is 24.7 Å². The van der Waals surface area contributed by atoms with Crippen LogP contribution in [0.25, 0.3) is 0 Å². The van der Waals surface area contributed by atoms with E-state index in [1.54, 1.807) is 0 Å². The maximum absolute atomic E-state index is 12.2. The van der Waals surface area contributed by atoms with E-state index in [0.29, 0.717) is 24.9 Å². The Balaban J connectivity index is 1.15. The summed E-state index contributed by atoms with van der Waals surface area (Å²) in [5.41, 5.74) is 0. The van der Waals surface area contributed by atoms with E-state index < -0.39 is 0 Å². The first kappa shape index (κ1) is 14.5. The van der Waals surface area contributed by atoms with Crippen LogP contribution in [0, 0.1) is 35.5 Å². The summed E-state index contributed by atoms with van der Waals surface area (Å²) in [6, 6.07) is 0. The Labute approximate surface area is 132 Å². The number of fused-ring (bicyclic) bond motifs is 4. The van der Waals surface area contributed by atoms with Gasteiger partial charge in [0.15, 0.2) is 0 Å². The van der Waals surface area contributed by atoms with Crippen LogP contribution >= 0.6 is 0 Å². The molecule has 4 heteroatoms.